The molecule has 1 atom stereocenters. The van der Waals surface area contributed by atoms with Gasteiger partial charge in [0, 0.05) is 6.42 Å². The number of hydrogen-bond acceptors (Lipinski definition) is 2. The van der Waals surface area contributed by atoms with Gasteiger partial charge in [-0.15, -0.1) is 11.8 Å². The molecule has 0 aliphatic carbocycles. The van der Waals surface area contributed by atoms with Crippen LogP contribution in [-0.4, -0.2) is 6.54 Å². The van der Waals surface area contributed by atoms with Crippen molar-refractivity contribution in [1.29, 1.82) is 0 Å². The van der Waals surface area contributed by atoms with Crippen molar-refractivity contribution in [2.75, 3.05) is 6.54 Å². The van der Waals surface area contributed by atoms with Gasteiger partial charge in [0.15, 0.2) is 4.67 Å². The maximum atomic E-state index is 5.53. The van der Waals surface area contributed by atoms with E-state index < -0.39 is 0 Å². The number of halogens is 1. The first-order valence-electron chi connectivity index (χ1n) is 5.16. The predicted molar refractivity (Wildman–Crippen MR) is 65.5 cm³/mol. The average Bonchev–Trinajstić information content (AvgIpc) is 2.64. The molecule has 1 N–H and O–H groups in total. The molecular weight excluding hydrogens is 254 g/mol. The van der Waals surface area contributed by atoms with Crippen molar-refractivity contribution in [3.8, 4) is 11.8 Å². The minimum atomic E-state index is 0.266. The van der Waals surface area contributed by atoms with Crippen LogP contribution in [0.3, 0.4) is 0 Å². The van der Waals surface area contributed by atoms with Crippen LogP contribution in [0.25, 0.3) is 0 Å². The van der Waals surface area contributed by atoms with Crippen molar-refractivity contribution in [3.63, 3.8) is 0 Å². The van der Waals surface area contributed by atoms with E-state index in [1.165, 1.54) is 0 Å². The number of rotatable bonds is 5. The summed E-state index contributed by atoms with van der Waals surface area (Å²) >= 11 is 3.31. The van der Waals surface area contributed by atoms with Crippen LogP contribution >= 0.6 is 15.9 Å². The Labute approximate surface area is 99.6 Å². The smallest absolute Gasteiger partial charge is 0.169 e. The Bertz CT molecular complexity index is 348. The first-order chi connectivity index (χ1) is 7.27. The first kappa shape index (κ1) is 12.4. The lowest BCUT2D eigenvalue weighted by Gasteiger charge is -2.13. The summed E-state index contributed by atoms with van der Waals surface area (Å²) < 4.78 is 6.31. The zero-order chi connectivity index (χ0) is 11.1. The third-order valence-corrected chi connectivity index (χ3v) is 2.55. The normalized spacial score (nSPS) is 11.9. The van der Waals surface area contributed by atoms with Gasteiger partial charge in [0.05, 0.1) is 6.04 Å². The molecule has 0 fully saturated rings. The summed E-state index contributed by atoms with van der Waals surface area (Å²) in [6.07, 6.45) is 1.88. The molecule has 0 aliphatic rings. The highest BCUT2D eigenvalue weighted by Crippen LogP contribution is 2.23. The largest absolute Gasteiger partial charge is 0.453 e. The van der Waals surface area contributed by atoms with Gasteiger partial charge in [0.25, 0.3) is 0 Å². The van der Waals surface area contributed by atoms with Crippen molar-refractivity contribution in [2.24, 2.45) is 0 Å². The second kappa shape index (κ2) is 6.71. The van der Waals surface area contributed by atoms with E-state index in [4.69, 9.17) is 4.42 Å². The molecule has 0 bridgehead atoms. The summed E-state index contributed by atoms with van der Waals surface area (Å²) in [5, 5.41) is 3.39. The third kappa shape index (κ3) is 4.11. The highest BCUT2D eigenvalue weighted by molar-refractivity contribution is 9.10. The minimum Gasteiger partial charge on any atom is -0.453 e. The van der Waals surface area contributed by atoms with Gasteiger partial charge in [-0.1, -0.05) is 6.92 Å². The van der Waals surface area contributed by atoms with E-state index in [9.17, 15) is 0 Å². The van der Waals surface area contributed by atoms with E-state index in [0.29, 0.717) is 0 Å². The molecular formula is C12H16BrNO. The van der Waals surface area contributed by atoms with E-state index in [0.717, 1.165) is 29.8 Å². The fourth-order valence-corrected chi connectivity index (χ4v) is 1.77. The summed E-state index contributed by atoms with van der Waals surface area (Å²) in [5.41, 5.74) is 0. The maximum Gasteiger partial charge on any atom is 0.169 e. The molecule has 0 saturated heterocycles. The summed E-state index contributed by atoms with van der Waals surface area (Å²) in [6, 6.07) is 4.18. The Balaban J connectivity index is 2.59. The Morgan fingerprint density at radius 1 is 1.53 bits per heavy atom. The van der Waals surface area contributed by atoms with Gasteiger partial charge in [-0.05, 0) is 48.0 Å². The molecule has 1 unspecified atom stereocenters. The first-order valence-corrected chi connectivity index (χ1v) is 5.95. The molecule has 0 spiro atoms. The van der Waals surface area contributed by atoms with Gasteiger partial charge in [0.2, 0.25) is 0 Å². The van der Waals surface area contributed by atoms with Gasteiger partial charge in [-0.3, -0.25) is 0 Å². The van der Waals surface area contributed by atoms with Crippen LogP contribution in [0.4, 0.5) is 0 Å². The van der Waals surface area contributed by atoms with Crippen molar-refractivity contribution in [2.45, 2.75) is 32.7 Å². The van der Waals surface area contributed by atoms with E-state index >= 15 is 0 Å². The number of furan rings is 1. The third-order valence-electron chi connectivity index (χ3n) is 2.12. The molecule has 1 aromatic heterocycles. The second-order valence-corrected chi connectivity index (χ2v) is 4.00. The van der Waals surface area contributed by atoms with Crippen molar-refractivity contribution in [1.82, 2.24) is 5.32 Å². The van der Waals surface area contributed by atoms with Gasteiger partial charge in [0.1, 0.15) is 5.76 Å². The molecule has 0 aliphatic heterocycles. The van der Waals surface area contributed by atoms with Crippen molar-refractivity contribution >= 4 is 15.9 Å². The van der Waals surface area contributed by atoms with Crippen LogP contribution in [-0.2, 0) is 0 Å². The fourth-order valence-electron chi connectivity index (χ4n) is 1.45. The molecule has 1 rings (SSSR count). The number of nitrogens with one attached hydrogen (secondary N) is 1. The summed E-state index contributed by atoms with van der Waals surface area (Å²) in [6.45, 7) is 4.89. The molecule has 1 aromatic rings. The van der Waals surface area contributed by atoms with E-state index in [1.54, 1.807) is 0 Å². The Hall–Kier alpha value is -0.720. The lowest BCUT2D eigenvalue weighted by Crippen LogP contribution is -2.20. The molecule has 0 aromatic carbocycles. The van der Waals surface area contributed by atoms with Gasteiger partial charge in [-0.25, -0.2) is 0 Å². The molecule has 2 nitrogen and oxygen atoms in total. The zero-order valence-corrected chi connectivity index (χ0v) is 10.7. The minimum absolute atomic E-state index is 0.266. The molecule has 3 heteroatoms. The van der Waals surface area contributed by atoms with E-state index in [2.05, 4.69) is 40.0 Å². The monoisotopic (exact) mass is 269 g/mol. The molecule has 15 heavy (non-hydrogen) atoms. The topological polar surface area (TPSA) is 25.2 Å². The second-order valence-electron chi connectivity index (χ2n) is 3.22. The quantitative estimate of drug-likeness (QED) is 0.828. The van der Waals surface area contributed by atoms with E-state index in [-0.39, 0.29) is 6.04 Å². The molecule has 0 saturated carbocycles. The SMILES string of the molecule is CC#CCCC(NCC)c1ccc(Br)o1. The van der Waals surface area contributed by atoms with E-state index in [1.807, 2.05) is 19.1 Å². The Morgan fingerprint density at radius 2 is 2.33 bits per heavy atom. The van der Waals surface area contributed by atoms with Crippen molar-refractivity contribution in [3.05, 3.63) is 22.6 Å². The van der Waals surface area contributed by atoms with Gasteiger partial charge in [-0.2, -0.15) is 0 Å². The predicted octanol–water partition coefficient (Wildman–Crippen LogP) is 3.50. The van der Waals surface area contributed by atoms with Crippen molar-refractivity contribution < 1.29 is 4.42 Å². The van der Waals surface area contributed by atoms with Gasteiger partial charge >= 0.3 is 0 Å². The van der Waals surface area contributed by atoms with Crippen LogP contribution in [0, 0.1) is 11.8 Å². The zero-order valence-electron chi connectivity index (χ0n) is 9.14. The maximum absolute atomic E-state index is 5.53. The molecule has 1 heterocycles. The highest BCUT2D eigenvalue weighted by atomic mass is 79.9. The van der Waals surface area contributed by atoms with Crippen LogP contribution in [0.2, 0.25) is 0 Å². The summed E-state index contributed by atoms with van der Waals surface area (Å²) in [4.78, 5) is 0. The van der Waals surface area contributed by atoms with Crippen LogP contribution in [0.5, 0.6) is 0 Å². The summed E-state index contributed by atoms with van der Waals surface area (Å²) in [5.74, 6) is 6.95. The number of hydrogen-bond donors (Lipinski definition) is 1. The van der Waals surface area contributed by atoms with Crippen LogP contribution < -0.4 is 5.32 Å². The standard InChI is InChI=1S/C12H16BrNO/c1-3-5-6-7-10(14-4-2)11-8-9-12(13)15-11/h8-10,14H,4,6-7H2,1-2H3. The van der Waals surface area contributed by atoms with Gasteiger partial charge < -0.3 is 9.73 Å². The lowest BCUT2D eigenvalue weighted by molar-refractivity contribution is 0.394. The molecule has 82 valence electrons. The Kier molecular flexibility index (Phi) is 5.52. The fraction of sp³-hybridized carbons (Fsp3) is 0.500. The summed E-state index contributed by atoms with van der Waals surface area (Å²) in [7, 11) is 0. The lowest BCUT2D eigenvalue weighted by atomic mass is 10.1. The molecule has 0 radical (unpaired) electrons. The molecule has 0 amide bonds. The Morgan fingerprint density at radius 3 is 2.87 bits per heavy atom. The average molecular weight is 270 g/mol. The van der Waals surface area contributed by atoms with Crippen LogP contribution in [0.1, 0.15) is 38.5 Å². The highest BCUT2D eigenvalue weighted by Gasteiger charge is 2.13. The van der Waals surface area contributed by atoms with Crippen LogP contribution in [0.15, 0.2) is 21.2 Å².